The van der Waals surface area contributed by atoms with Crippen LogP contribution in [-0.4, -0.2) is 60.9 Å². The first kappa shape index (κ1) is 15.3. The molecule has 1 saturated carbocycles. The number of hydrogen-bond donors (Lipinski definition) is 1. The normalized spacial score (nSPS) is 37.0. The molecule has 3 aliphatic rings. The molecule has 1 N–H and O–H groups in total. The van der Waals surface area contributed by atoms with Crippen molar-refractivity contribution in [2.45, 2.75) is 69.7 Å². The molecule has 3 atom stereocenters. The van der Waals surface area contributed by atoms with Crippen LogP contribution in [0.2, 0.25) is 0 Å². The fourth-order valence-corrected chi connectivity index (χ4v) is 3.78. The number of likely N-dealkylation sites (tertiary alicyclic amines) is 1. The van der Waals surface area contributed by atoms with Crippen molar-refractivity contribution in [3.8, 4) is 0 Å². The number of carbonyl (C=O) groups is 1. The van der Waals surface area contributed by atoms with Crippen molar-refractivity contribution in [1.29, 1.82) is 0 Å². The Labute approximate surface area is 127 Å². The Morgan fingerprint density at radius 3 is 2.86 bits per heavy atom. The van der Waals surface area contributed by atoms with Gasteiger partial charge in [0.15, 0.2) is 0 Å². The van der Waals surface area contributed by atoms with Gasteiger partial charge in [0.1, 0.15) is 5.54 Å². The van der Waals surface area contributed by atoms with E-state index in [0.717, 1.165) is 39.0 Å². The van der Waals surface area contributed by atoms with Crippen LogP contribution in [-0.2, 0) is 14.3 Å². The molecule has 21 heavy (non-hydrogen) atoms. The van der Waals surface area contributed by atoms with Gasteiger partial charge in [0.2, 0.25) is 0 Å². The Balaban J connectivity index is 1.67. The molecule has 3 fully saturated rings. The quantitative estimate of drug-likeness (QED) is 0.749. The first-order valence-corrected chi connectivity index (χ1v) is 8.44. The zero-order valence-corrected chi connectivity index (χ0v) is 13.3. The average molecular weight is 296 g/mol. The van der Waals surface area contributed by atoms with Crippen LogP contribution in [0.3, 0.4) is 0 Å². The highest BCUT2D eigenvalue weighted by Crippen LogP contribution is 2.37. The lowest BCUT2D eigenvalue weighted by Crippen LogP contribution is -2.56. The van der Waals surface area contributed by atoms with Crippen LogP contribution in [0.25, 0.3) is 0 Å². The summed E-state index contributed by atoms with van der Waals surface area (Å²) in [5, 5.41) is 3.52. The second kappa shape index (κ2) is 6.23. The largest absolute Gasteiger partial charge is 0.465 e. The van der Waals surface area contributed by atoms with Crippen LogP contribution in [0.4, 0.5) is 0 Å². The molecule has 0 radical (unpaired) electrons. The number of carbonyl (C=O) groups excluding carboxylic acids is 1. The number of nitrogens with one attached hydrogen (secondary N) is 1. The van der Waals surface area contributed by atoms with Gasteiger partial charge in [-0.2, -0.15) is 0 Å². The van der Waals surface area contributed by atoms with E-state index in [1.165, 1.54) is 12.8 Å². The minimum absolute atomic E-state index is 0.0852. The van der Waals surface area contributed by atoms with E-state index in [1.807, 2.05) is 6.92 Å². The van der Waals surface area contributed by atoms with Crippen LogP contribution in [0.1, 0.15) is 46.0 Å². The van der Waals surface area contributed by atoms with E-state index in [9.17, 15) is 4.79 Å². The van der Waals surface area contributed by atoms with Crippen LogP contribution in [0.5, 0.6) is 0 Å². The molecule has 0 amide bonds. The van der Waals surface area contributed by atoms with E-state index in [0.29, 0.717) is 18.7 Å². The molecular weight excluding hydrogens is 268 g/mol. The van der Waals surface area contributed by atoms with Gasteiger partial charge in [-0.3, -0.25) is 10.2 Å². The Kier molecular flexibility index (Phi) is 4.52. The van der Waals surface area contributed by atoms with Crippen LogP contribution in [0, 0.1) is 0 Å². The average Bonchev–Trinajstić information content (AvgIpc) is 3.05. The van der Waals surface area contributed by atoms with Crippen LogP contribution >= 0.6 is 0 Å². The molecule has 120 valence electrons. The van der Waals surface area contributed by atoms with Crippen molar-refractivity contribution in [2.24, 2.45) is 0 Å². The van der Waals surface area contributed by atoms with E-state index >= 15 is 0 Å². The summed E-state index contributed by atoms with van der Waals surface area (Å²) in [5.74, 6) is -0.0852. The van der Waals surface area contributed by atoms with Gasteiger partial charge < -0.3 is 9.47 Å². The van der Waals surface area contributed by atoms with Crippen LogP contribution in [0.15, 0.2) is 0 Å². The zero-order chi connectivity index (χ0) is 14.9. The molecule has 0 aromatic heterocycles. The van der Waals surface area contributed by atoms with Crippen molar-refractivity contribution in [2.75, 3.05) is 26.3 Å². The third kappa shape index (κ3) is 3.25. The van der Waals surface area contributed by atoms with Gasteiger partial charge in [0.25, 0.3) is 0 Å². The number of nitrogens with zero attached hydrogens (tertiary/aromatic N) is 1. The van der Waals surface area contributed by atoms with Crippen molar-refractivity contribution in [3.05, 3.63) is 0 Å². The van der Waals surface area contributed by atoms with E-state index in [4.69, 9.17) is 9.47 Å². The lowest BCUT2D eigenvalue weighted by atomic mass is 9.96. The highest BCUT2D eigenvalue weighted by Gasteiger charge is 2.52. The summed E-state index contributed by atoms with van der Waals surface area (Å²) < 4.78 is 11.1. The van der Waals surface area contributed by atoms with Crippen molar-refractivity contribution < 1.29 is 14.3 Å². The molecule has 5 heteroatoms. The highest BCUT2D eigenvalue weighted by atomic mass is 16.5. The van der Waals surface area contributed by atoms with E-state index in [-0.39, 0.29) is 12.1 Å². The van der Waals surface area contributed by atoms with Gasteiger partial charge in [-0.25, -0.2) is 4.79 Å². The van der Waals surface area contributed by atoms with Gasteiger partial charge in [-0.1, -0.05) is 0 Å². The fraction of sp³-hybridized carbons (Fsp3) is 0.938. The summed E-state index contributed by atoms with van der Waals surface area (Å²) in [4.78, 5) is 15.0. The van der Waals surface area contributed by atoms with E-state index < -0.39 is 5.54 Å². The van der Waals surface area contributed by atoms with Gasteiger partial charge in [0.05, 0.1) is 12.7 Å². The third-order valence-electron chi connectivity index (χ3n) is 5.04. The predicted octanol–water partition coefficient (Wildman–Crippen LogP) is 1.31. The molecule has 3 rings (SSSR count). The molecule has 3 unspecified atom stereocenters. The maximum atomic E-state index is 12.6. The summed E-state index contributed by atoms with van der Waals surface area (Å²) in [6.07, 6.45) is 5.86. The van der Waals surface area contributed by atoms with Crippen molar-refractivity contribution in [1.82, 2.24) is 10.2 Å². The Morgan fingerprint density at radius 2 is 2.24 bits per heavy atom. The number of esters is 1. The summed E-state index contributed by atoms with van der Waals surface area (Å²) in [6, 6.07) is 1.12. The summed E-state index contributed by atoms with van der Waals surface area (Å²) in [7, 11) is 0. The topological polar surface area (TPSA) is 50.8 Å². The number of ether oxygens (including phenoxy) is 2. The van der Waals surface area contributed by atoms with Gasteiger partial charge in [0, 0.05) is 31.8 Å². The molecule has 0 bridgehead atoms. The minimum atomic E-state index is -0.538. The highest BCUT2D eigenvalue weighted by molar-refractivity contribution is 5.82. The molecule has 0 spiro atoms. The Hall–Kier alpha value is -0.650. The van der Waals surface area contributed by atoms with Gasteiger partial charge in [-0.05, 0) is 46.0 Å². The SMILES string of the molecule is CCOC(=O)C1(NCC2CCCO2)CC(C)N(C2CC2)C1. The summed E-state index contributed by atoms with van der Waals surface area (Å²) in [6.45, 7) is 6.94. The molecule has 0 aromatic rings. The lowest BCUT2D eigenvalue weighted by molar-refractivity contribution is -0.151. The standard InChI is InChI=1S/C16H28N2O3/c1-3-20-15(19)16(17-10-14-5-4-8-21-14)9-12(2)18(11-16)13-6-7-13/h12-14,17H,3-11H2,1-2H3. The molecule has 0 aromatic carbocycles. The Bertz CT molecular complexity index is 380. The second-order valence-electron chi connectivity index (χ2n) is 6.78. The maximum Gasteiger partial charge on any atom is 0.327 e. The zero-order valence-electron chi connectivity index (χ0n) is 13.3. The molecule has 5 nitrogen and oxygen atoms in total. The van der Waals surface area contributed by atoms with Crippen molar-refractivity contribution >= 4 is 5.97 Å². The predicted molar refractivity (Wildman–Crippen MR) is 80.1 cm³/mol. The summed E-state index contributed by atoms with van der Waals surface area (Å²) >= 11 is 0. The second-order valence-corrected chi connectivity index (χ2v) is 6.78. The maximum absolute atomic E-state index is 12.6. The monoisotopic (exact) mass is 296 g/mol. The lowest BCUT2D eigenvalue weighted by Gasteiger charge is -2.29. The molecule has 1 aliphatic carbocycles. The molecule has 2 heterocycles. The third-order valence-corrected chi connectivity index (χ3v) is 5.04. The van der Waals surface area contributed by atoms with Crippen LogP contribution < -0.4 is 5.32 Å². The van der Waals surface area contributed by atoms with Gasteiger partial charge >= 0.3 is 5.97 Å². The van der Waals surface area contributed by atoms with E-state index in [1.54, 1.807) is 0 Å². The summed E-state index contributed by atoms with van der Waals surface area (Å²) in [5.41, 5.74) is -0.538. The smallest absolute Gasteiger partial charge is 0.327 e. The first-order chi connectivity index (χ1) is 10.1. The number of rotatable bonds is 6. The van der Waals surface area contributed by atoms with Gasteiger partial charge in [-0.15, -0.1) is 0 Å². The van der Waals surface area contributed by atoms with E-state index in [2.05, 4.69) is 17.1 Å². The first-order valence-electron chi connectivity index (χ1n) is 8.44. The fourth-order valence-electron chi connectivity index (χ4n) is 3.78. The molecule has 2 saturated heterocycles. The van der Waals surface area contributed by atoms with Crippen molar-refractivity contribution in [3.63, 3.8) is 0 Å². The molecule has 2 aliphatic heterocycles. The number of hydrogen-bond acceptors (Lipinski definition) is 5. The minimum Gasteiger partial charge on any atom is -0.465 e. The Morgan fingerprint density at radius 1 is 1.43 bits per heavy atom. The molecular formula is C16H28N2O3.